The number of aliphatic hydroxyl groups excluding tert-OH is 1. The Morgan fingerprint density at radius 1 is 1.41 bits per heavy atom. The first-order valence-electron chi connectivity index (χ1n) is 5.65. The summed E-state index contributed by atoms with van der Waals surface area (Å²) in [6, 6.07) is 6.28. The predicted molar refractivity (Wildman–Crippen MR) is 63.0 cm³/mol. The van der Waals surface area contributed by atoms with E-state index >= 15 is 0 Å². The standard InChI is InChI=1S/C13H15FN2O/c1-2-13-15-7-8-16(13)9-12(17)10-5-3-4-6-11(10)14/h3-8,12,17H,2,9H2,1H3. The van der Waals surface area contributed by atoms with Crippen LogP contribution >= 0.6 is 0 Å². The quantitative estimate of drug-likeness (QED) is 0.881. The van der Waals surface area contributed by atoms with Crippen LogP contribution in [0, 0.1) is 5.82 Å². The number of aromatic nitrogens is 2. The molecule has 0 saturated heterocycles. The second kappa shape index (κ2) is 5.10. The average molecular weight is 234 g/mol. The number of hydrogen-bond donors (Lipinski definition) is 1. The number of halogens is 1. The second-order valence-corrected chi connectivity index (χ2v) is 3.89. The Morgan fingerprint density at radius 2 is 2.18 bits per heavy atom. The van der Waals surface area contributed by atoms with E-state index in [9.17, 15) is 9.50 Å². The fraction of sp³-hybridized carbons (Fsp3) is 0.308. The van der Waals surface area contributed by atoms with Gasteiger partial charge in [-0.25, -0.2) is 9.37 Å². The van der Waals surface area contributed by atoms with Crippen LogP contribution in [0.4, 0.5) is 4.39 Å². The first-order valence-corrected chi connectivity index (χ1v) is 5.65. The van der Waals surface area contributed by atoms with Crippen molar-refractivity contribution < 1.29 is 9.50 Å². The molecule has 17 heavy (non-hydrogen) atoms. The zero-order chi connectivity index (χ0) is 12.3. The Hall–Kier alpha value is -1.68. The molecule has 0 amide bonds. The molecule has 1 aromatic heterocycles. The van der Waals surface area contributed by atoms with Crippen molar-refractivity contribution in [1.82, 2.24) is 9.55 Å². The molecule has 0 bridgehead atoms. The minimum atomic E-state index is -0.851. The van der Waals surface area contributed by atoms with Crippen LogP contribution < -0.4 is 0 Å². The number of aliphatic hydroxyl groups is 1. The van der Waals surface area contributed by atoms with Gasteiger partial charge in [-0.1, -0.05) is 25.1 Å². The maximum absolute atomic E-state index is 13.5. The molecule has 0 fully saturated rings. The summed E-state index contributed by atoms with van der Waals surface area (Å²) >= 11 is 0. The topological polar surface area (TPSA) is 38.0 Å². The van der Waals surface area contributed by atoms with E-state index in [0.717, 1.165) is 12.2 Å². The number of aryl methyl sites for hydroxylation is 1. The van der Waals surface area contributed by atoms with E-state index in [1.807, 2.05) is 11.5 Å². The van der Waals surface area contributed by atoms with Crippen LogP contribution in [0.25, 0.3) is 0 Å². The molecule has 0 spiro atoms. The summed E-state index contributed by atoms with van der Waals surface area (Å²) < 4.78 is 15.3. The molecule has 4 heteroatoms. The van der Waals surface area contributed by atoms with Crippen molar-refractivity contribution in [2.45, 2.75) is 26.0 Å². The lowest BCUT2D eigenvalue weighted by Crippen LogP contribution is -2.11. The van der Waals surface area contributed by atoms with Gasteiger partial charge in [0.25, 0.3) is 0 Å². The molecule has 0 aliphatic heterocycles. The largest absolute Gasteiger partial charge is 0.386 e. The van der Waals surface area contributed by atoms with E-state index in [1.165, 1.54) is 6.07 Å². The zero-order valence-electron chi connectivity index (χ0n) is 9.68. The molecule has 0 aliphatic rings. The Bertz CT molecular complexity index is 496. The van der Waals surface area contributed by atoms with Gasteiger partial charge in [-0.15, -0.1) is 0 Å². The van der Waals surface area contributed by atoms with Gasteiger partial charge < -0.3 is 9.67 Å². The second-order valence-electron chi connectivity index (χ2n) is 3.89. The summed E-state index contributed by atoms with van der Waals surface area (Å²) in [5.74, 6) is 0.513. The predicted octanol–water partition coefficient (Wildman–Crippen LogP) is 2.32. The maximum Gasteiger partial charge on any atom is 0.129 e. The van der Waals surface area contributed by atoms with Crippen LogP contribution in [0.3, 0.4) is 0 Å². The molecule has 0 radical (unpaired) electrons. The molecule has 1 unspecified atom stereocenters. The maximum atomic E-state index is 13.5. The van der Waals surface area contributed by atoms with E-state index in [2.05, 4.69) is 4.98 Å². The van der Waals surface area contributed by atoms with Gasteiger partial charge >= 0.3 is 0 Å². The van der Waals surface area contributed by atoms with Crippen molar-refractivity contribution in [2.24, 2.45) is 0 Å². The highest BCUT2D eigenvalue weighted by Crippen LogP contribution is 2.18. The van der Waals surface area contributed by atoms with Crippen molar-refractivity contribution in [3.63, 3.8) is 0 Å². The Labute approximate surface area is 99.5 Å². The van der Waals surface area contributed by atoms with Gasteiger partial charge in [0.15, 0.2) is 0 Å². The lowest BCUT2D eigenvalue weighted by Gasteiger charge is -2.14. The number of imidazole rings is 1. The van der Waals surface area contributed by atoms with E-state index in [-0.39, 0.29) is 5.82 Å². The molecule has 2 rings (SSSR count). The highest BCUT2D eigenvalue weighted by atomic mass is 19.1. The monoisotopic (exact) mass is 234 g/mol. The Balaban J connectivity index is 2.17. The fourth-order valence-electron chi connectivity index (χ4n) is 1.85. The molecule has 90 valence electrons. The molecular formula is C13H15FN2O. The third-order valence-electron chi connectivity index (χ3n) is 2.75. The Kier molecular flexibility index (Phi) is 3.54. The molecule has 0 aliphatic carbocycles. The molecule has 0 saturated carbocycles. The molecule has 2 aromatic rings. The lowest BCUT2D eigenvalue weighted by molar-refractivity contribution is 0.151. The van der Waals surface area contributed by atoms with Crippen molar-refractivity contribution in [3.8, 4) is 0 Å². The van der Waals surface area contributed by atoms with E-state index in [1.54, 1.807) is 30.6 Å². The van der Waals surface area contributed by atoms with Crippen molar-refractivity contribution >= 4 is 0 Å². The van der Waals surface area contributed by atoms with Crippen molar-refractivity contribution in [2.75, 3.05) is 0 Å². The van der Waals surface area contributed by atoms with Gasteiger partial charge in [-0.2, -0.15) is 0 Å². The smallest absolute Gasteiger partial charge is 0.129 e. The van der Waals surface area contributed by atoms with Gasteiger partial charge in [0.1, 0.15) is 11.6 Å². The average Bonchev–Trinajstić information content (AvgIpc) is 2.76. The Morgan fingerprint density at radius 3 is 2.88 bits per heavy atom. The summed E-state index contributed by atoms with van der Waals surface area (Å²) in [6.07, 6.45) is 3.42. The SMILES string of the molecule is CCc1nccn1CC(O)c1ccccc1F. The summed E-state index contributed by atoms with van der Waals surface area (Å²) in [6.45, 7) is 2.32. The van der Waals surface area contributed by atoms with Gasteiger partial charge in [-0.05, 0) is 6.07 Å². The fourth-order valence-corrected chi connectivity index (χ4v) is 1.85. The van der Waals surface area contributed by atoms with Gasteiger partial charge in [-0.3, -0.25) is 0 Å². The number of benzene rings is 1. The molecule has 1 aromatic carbocycles. The number of hydrogen-bond acceptors (Lipinski definition) is 2. The van der Waals surface area contributed by atoms with Gasteiger partial charge in [0.2, 0.25) is 0 Å². The summed E-state index contributed by atoms with van der Waals surface area (Å²) in [5.41, 5.74) is 0.322. The summed E-state index contributed by atoms with van der Waals surface area (Å²) in [5, 5.41) is 10.0. The van der Waals surface area contributed by atoms with E-state index in [4.69, 9.17) is 0 Å². The molecule has 1 heterocycles. The van der Waals surface area contributed by atoms with Crippen LogP contribution in [0.2, 0.25) is 0 Å². The zero-order valence-corrected chi connectivity index (χ0v) is 9.68. The van der Waals surface area contributed by atoms with E-state index < -0.39 is 6.10 Å². The highest BCUT2D eigenvalue weighted by molar-refractivity contribution is 5.19. The minimum absolute atomic E-state index is 0.322. The number of nitrogens with zero attached hydrogens (tertiary/aromatic N) is 2. The van der Waals surface area contributed by atoms with Gasteiger partial charge in [0.05, 0.1) is 12.6 Å². The van der Waals surface area contributed by atoms with Crippen molar-refractivity contribution in [3.05, 3.63) is 53.9 Å². The molecule has 1 N–H and O–H groups in total. The van der Waals surface area contributed by atoms with E-state index in [0.29, 0.717) is 12.1 Å². The third-order valence-corrected chi connectivity index (χ3v) is 2.75. The van der Waals surface area contributed by atoms with Crippen LogP contribution in [0.1, 0.15) is 24.4 Å². The van der Waals surface area contributed by atoms with Crippen molar-refractivity contribution in [1.29, 1.82) is 0 Å². The summed E-state index contributed by atoms with van der Waals surface area (Å²) in [4.78, 5) is 4.16. The first kappa shape index (κ1) is 11.8. The highest BCUT2D eigenvalue weighted by Gasteiger charge is 2.13. The molecule has 1 atom stereocenters. The first-order chi connectivity index (χ1) is 8.22. The van der Waals surface area contributed by atoms with Crippen LogP contribution in [-0.4, -0.2) is 14.7 Å². The van der Waals surface area contributed by atoms with Crippen LogP contribution in [-0.2, 0) is 13.0 Å². The normalized spacial score (nSPS) is 12.6. The minimum Gasteiger partial charge on any atom is -0.386 e. The van der Waals surface area contributed by atoms with Crippen LogP contribution in [0.5, 0.6) is 0 Å². The third kappa shape index (κ3) is 2.53. The molecular weight excluding hydrogens is 219 g/mol. The van der Waals surface area contributed by atoms with Gasteiger partial charge in [0, 0.05) is 24.4 Å². The van der Waals surface area contributed by atoms with Crippen LogP contribution in [0.15, 0.2) is 36.7 Å². The summed E-state index contributed by atoms with van der Waals surface area (Å²) in [7, 11) is 0. The molecule has 3 nitrogen and oxygen atoms in total. The lowest BCUT2D eigenvalue weighted by atomic mass is 10.1. The number of rotatable bonds is 4.